The van der Waals surface area contributed by atoms with Crippen LogP contribution in [-0.2, 0) is 23.9 Å². The van der Waals surface area contributed by atoms with E-state index in [2.05, 4.69) is 0 Å². The van der Waals surface area contributed by atoms with Crippen molar-refractivity contribution in [2.24, 2.45) is 5.41 Å². The summed E-state index contributed by atoms with van der Waals surface area (Å²) >= 11 is 0. The van der Waals surface area contributed by atoms with Gasteiger partial charge in [-0.25, -0.2) is 4.79 Å². The number of barbiturate groups is 1. The standard InChI is InChI=1S/C25H36N2O6/c1-3-33-21(29)15-17-25(16-14-18(2)28)22(30)26(19-10-6-4-7-11-19)24(32)27(23(25)31)20-12-8-5-9-13-20/h4,6,19-20H,3,5,7-17H2,1-2H3. The summed E-state index contributed by atoms with van der Waals surface area (Å²) in [5, 5.41) is 0. The van der Waals surface area contributed by atoms with Crippen molar-refractivity contribution in [2.45, 2.75) is 103 Å². The molecule has 0 radical (unpaired) electrons. The van der Waals surface area contributed by atoms with Crippen LogP contribution in [0.4, 0.5) is 4.79 Å². The molecular formula is C25H36N2O6. The summed E-state index contributed by atoms with van der Waals surface area (Å²) in [6.45, 7) is 3.32. The van der Waals surface area contributed by atoms with E-state index in [0.29, 0.717) is 25.7 Å². The summed E-state index contributed by atoms with van der Waals surface area (Å²) in [6.07, 6.45) is 10.1. The van der Waals surface area contributed by atoms with Crippen LogP contribution in [0, 0.1) is 5.41 Å². The average Bonchev–Trinajstić information content (AvgIpc) is 2.80. The Kier molecular flexibility index (Phi) is 8.43. The highest BCUT2D eigenvalue weighted by molar-refractivity contribution is 6.19. The van der Waals surface area contributed by atoms with E-state index in [1.807, 2.05) is 12.2 Å². The zero-order valence-corrected chi connectivity index (χ0v) is 19.8. The van der Waals surface area contributed by atoms with E-state index in [9.17, 15) is 24.0 Å². The Labute approximate surface area is 195 Å². The number of imide groups is 2. The molecule has 2 atom stereocenters. The molecule has 182 valence electrons. The normalized spacial score (nSPS) is 26.6. The lowest BCUT2D eigenvalue weighted by atomic mass is 9.73. The summed E-state index contributed by atoms with van der Waals surface area (Å²) in [5.74, 6) is -1.74. The van der Waals surface area contributed by atoms with Crippen LogP contribution in [0.15, 0.2) is 12.2 Å². The molecule has 8 nitrogen and oxygen atoms in total. The Balaban J connectivity index is 2.03. The number of rotatable bonds is 9. The fourth-order valence-electron chi connectivity index (χ4n) is 5.33. The SMILES string of the molecule is CCOC(=O)CCC1(CCC(C)=O)C(=O)N(C2CC=CCC2)C(=O)N(C2CCCCC2)C1=O. The van der Waals surface area contributed by atoms with Gasteiger partial charge in [0.05, 0.1) is 6.61 Å². The zero-order chi connectivity index (χ0) is 24.0. The van der Waals surface area contributed by atoms with Crippen molar-refractivity contribution in [3.05, 3.63) is 12.2 Å². The van der Waals surface area contributed by atoms with Crippen LogP contribution in [0.25, 0.3) is 0 Å². The van der Waals surface area contributed by atoms with Crippen molar-refractivity contribution in [1.82, 2.24) is 9.80 Å². The van der Waals surface area contributed by atoms with Gasteiger partial charge in [0, 0.05) is 24.9 Å². The smallest absolute Gasteiger partial charge is 0.333 e. The van der Waals surface area contributed by atoms with Gasteiger partial charge in [0.25, 0.3) is 0 Å². The number of carbonyl (C=O) groups is 5. The van der Waals surface area contributed by atoms with Gasteiger partial charge in [0.2, 0.25) is 11.8 Å². The third-order valence-corrected chi connectivity index (χ3v) is 7.18. The van der Waals surface area contributed by atoms with Crippen LogP contribution in [0.2, 0.25) is 0 Å². The molecule has 8 heteroatoms. The first-order valence-corrected chi connectivity index (χ1v) is 12.3. The molecule has 1 saturated carbocycles. The van der Waals surface area contributed by atoms with Gasteiger partial charge in [0.1, 0.15) is 11.2 Å². The monoisotopic (exact) mass is 460 g/mol. The second-order valence-corrected chi connectivity index (χ2v) is 9.45. The molecule has 1 saturated heterocycles. The second kappa shape index (κ2) is 11.1. The number of ether oxygens (including phenoxy) is 1. The van der Waals surface area contributed by atoms with Crippen molar-refractivity contribution in [1.29, 1.82) is 0 Å². The maximum Gasteiger partial charge on any atom is 0.333 e. The highest BCUT2D eigenvalue weighted by Gasteiger charge is 2.59. The molecule has 1 aliphatic heterocycles. The number of ketones is 1. The quantitative estimate of drug-likeness (QED) is 0.294. The van der Waals surface area contributed by atoms with Gasteiger partial charge in [-0.15, -0.1) is 0 Å². The van der Waals surface area contributed by atoms with Gasteiger partial charge in [-0.05, 0) is 58.8 Å². The highest BCUT2D eigenvalue weighted by Crippen LogP contribution is 2.42. The largest absolute Gasteiger partial charge is 0.466 e. The summed E-state index contributed by atoms with van der Waals surface area (Å²) in [5.41, 5.74) is -1.61. The number of carbonyl (C=O) groups excluding carboxylic acids is 5. The molecule has 2 fully saturated rings. The van der Waals surface area contributed by atoms with Gasteiger partial charge >= 0.3 is 12.0 Å². The van der Waals surface area contributed by atoms with E-state index < -0.39 is 29.2 Å². The Morgan fingerprint density at radius 1 is 0.939 bits per heavy atom. The van der Waals surface area contributed by atoms with Crippen LogP contribution in [0.1, 0.15) is 90.9 Å². The minimum absolute atomic E-state index is 0.00500. The molecule has 0 aromatic heterocycles. The fourth-order valence-corrected chi connectivity index (χ4v) is 5.33. The Bertz CT molecular complexity index is 816. The number of esters is 1. The van der Waals surface area contributed by atoms with Gasteiger partial charge < -0.3 is 9.53 Å². The molecule has 3 rings (SSSR count). The third-order valence-electron chi connectivity index (χ3n) is 7.18. The van der Waals surface area contributed by atoms with Crippen molar-refractivity contribution in [3.8, 4) is 0 Å². The third kappa shape index (κ3) is 5.36. The molecule has 0 aromatic rings. The number of nitrogens with zero attached hydrogens (tertiary/aromatic N) is 2. The number of urea groups is 1. The van der Waals surface area contributed by atoms with Crippen LogP contribution in [0.3, 0.4) is 0 Å². The van der Waals surface area contributed by atoms with E-state index in [0.717, 1.165) is 25.7 Å². The molecule has 2 unspecified atom stereocenters. The minimum Gasteiger partial charge on any atom is -0.466 e. The Morgan fingerprint density at radius 2 is 1.58 bits per heavy atom. The molecule has 3 aliphatic rings. The first-order chi connectivity index (χ1) is 15.8. The molecular weight excluding hydrogens is 424 g/mol. The van der Waals surface area contributed by atoms with Gasteiger partial charge in [-0.3, -0.25) is 24.2 Å². The fraction of sp³-hybridized carbons (Fsp3) is 0.720. The first-order valence-electron chi connectivity index (χ1n) is 12.3. The van der Waals surface area contributed by atoms with Crippen molar-refractivity contribution < 1.29 is 28.7 Å². The van der Waals surface area contributed by atoms with Crippen LogP contribution in [0.5, 0.6) is 0 Å². The van der Waals surface area contributed by atoms with E-state index in [4.69, 9.17) is 4.74 Å². The minimum atomic E-state index is -1.61. The van der Waals surface area contributed by atoms with E-state index in [1.54, 1.807) is 6.92 Å². The highest BCUT2D eigenvalue weighted by atomic mass is 16.5. The molecule has 1 heterocycles. The zero-order valence-electron chi connectivity index (χ0n) is 19.8. The second-order valence-electron chi connectivity index (χ2n) is 9.45. The number of allylic oxidation sites excluding steroid dienone is 1. The van der Waals surface area contributed by atoms with E-state index in [1.165, 1.54) is 16.7 Å². The predicted molar refractivity (Wildman–Crippen MR) is 121 cm³/mol. The molecule has 4 amide bonds. The van der Waals surface area contributed by atoms with Crippen LogP contribution >= 0.6 is 0 Å². The lowest BCUT2D eigenvalue weighted by molar-refractivity contribution is -0.164. The summed E-state index contributed by atoms with van der Waals surface area (Å²) in [6, 6.07) is -1.12. The average molecular weight is 461 g/mol. The van der Waals surface area contributed by atoms with E-state index >= 15 is 0 Å². The van der Waals surface area contributed by atoms with Crippen LogP contribution < -0.4 is 0 Å². The van der Waals surface area contributed by atoms with Crippen molar-refractivity contribution in [3.63, 3.8) is 0 Å². The molecule has 0 spiro atoms. The van der Waals surface area contributed by atoms with Crippen LogP contribution in [-0.4, -0.2) is 58.1 Å². The van der Waals surface area contributed by atoms with Gasteiger partial charge in [0.15, 0.2) is 0 Å². The maximum atomic E-state index is 14.0. The van der Waals surface area contributed by atoms with Crippen molar-refractivity contribution >= 4 is 29.6 Å². The van der Waals surface area contributed by atoms with Gasteiger partial charge in [-0.2, -0.15) is 0 Å². The molecule has 33 heavy (non-hydrogen) atoms. The summed E-state index contributed by atoms with van der Waals surface area (Å²) in [7, 11) is 0. The number of hydrogen-bond acceptors (Lipinski definition) is 6. The lowest BCUT2D eigenvalue weighted by Gasteiger charge is -2.49. The molecule has 0 N–H and O–H groups in total. The van der Waals surface area contributed by atoms with Crippen molar-refractivity contribution in [2.75, 3.05) is 6.61 Å². The number of amides is 4. The lowest BCUT2D eigenvalue weighted by Crippen LogP contribution is -2.69. The summed E-state index contributed by atoms with van der Waals surface area (Å²) in [4.78, 5) is 68.2. The summed E-state index contributed by atoms with van der Waals surface area (Å²) < 4.78 is 5.05. The Morgan fingerprint density at radius 3 is 2.15 bits per heavy atom. The van der Waals surface area contributed by atoms with E-state index in [-0.39, 0.29) is 50.2 Å². The molecule has 0 bridgehead atoms. The van der Waals surface area contributed by atoms with Gasteiger partial charge in [-0.1, -0.05) is 31.4 Å². The Hall–Kier alpha value is -2.51. The first kappa shape index (κ1) is 25.1. The number of Topliss-reactive ketones (excluding diaryl/α,β-unsaturated/α-hetero) is 1. The maximum absolute atomic E-state index is 14.0. The molecule has 0 aromatic carbocycles. The predicted octanol–water partition coefficient (Wildman–Crippen LogP) is 3.92. The molecule has 2 aliphatic carbocycles. The topological polar surface area (TPSA) is 101 Å². The number of hydrogen-bond donors (Lipinski definition) is 0.